The second kappa shape index (κ2) is 4.53. The molecule has 0 radical (unpaired) electrons. The van der Waals surface area contributed by atoms with Crippen LogP contribution in [-0.2, 0) is 0 Å². The highest BCUT2D eigenvalue weighted by molar-refractivity contribution is 6.26. The third-order valence-electron chi connectivity index (χ3n) is 3.79. The Morgan fingerprint density at radius 1 is 1.05 bits per heavy atom. The van der Waals surface area contributed by atoms with Crippen molar-refractivity contribution in [3.05, 3.63) is 41.1 Å². The second-order valence-electron chi connectivity index (χ2n) is 5.04. The average Bonchev–Trinajstić information content (AvgIpc) is 2.43. The van der Waals surface area contributed by atoms with Gasteiger partial charge in [0.15, 0.2) is 5.78 Å². The molecule has 19 heavy (non-hydrogen) atoms. The zero-order chi connectivity index (χ0) is 13.4. The number of nitrogen functional groups attached to an aromatic ring is 1. The van der Waals surface area contributed by atoms with Gasteiger partial charge in [-0.2, -0.15) is 0 Å². The molecule has 1 saturated heterocycles. The predicted molar refractivity (Wildman–Crippen MR) is 73.0 cm³/mol. The number of fused-ring (bicyclic) bond motifs is 1. The summed E-state index contributed by atoms with van der Waals surface area (Å²) in [5.74, 6) is -0.239. The van der Waals surface area contributed by atoms with E-state index in [1.165, 1.54) is 12.5 Å². The molecular weight excluding hydrogens is 240 g/mol. The smallest absolute Gasteiger partial charge is 0.211 e. The van der Waals surface area contributed by atoms with Gasteiger partial charge in [0.2, 0.25) is 5.78 Å². The number of benzene rings is 1. The van der Waals surface area contributed by atoms with Crippen molar-refractivity contribution in [2.24, 2.45) is 0 Å². The molecule has 1 aromatic carbocycles. The number of hydrogen-bond donors (Lipinski definition) is 1. The number of Topliss-reactive ketones (excluding diaryl/α,β-unsaturated/α-hetero) is 1. The maximum Gasteiger partial charge on any atom is 0.211 e. The first kappa shape index (κ1) is 12.0. The van der Waals surface area contributed by atoms with Crippen LogP contribution in [0.5, 0.6) is 0 Å². The van der Waals surface area contributed by atoms with Gasteiger partial charge in [-0.25, -0.2) is 0 Å². The number of anilines is 1. The Labute approximate surface area is 111 Å². The van der Waals surface area contributed by atoms with E-state index < -0.39 is 0 Å². The number of carbonyl (C=O) groups is 2. The lowest BCUT2D eigenvalue weighted by molar-refractivity contribution is 0.0944. The van der Waals surface area contributed by atoms with Gasteiger partial charge < -0.3 is 10.6 Å². The van der Waals surface area contributed by atoms with Gasteiger partial charge >= 0.3 is 0 Å². The van der Waals surface area contributed by atoms with E-state index in [9.17, 15) is 9.59 Å². The van der Waals surface area contributed by atoms with E-state index in [2.05, 4.69) is 0 Å². The number of hydrogen-bond acceptors (Lipinski definition) is 4. The minimum Gasteiger partial charge on any atom is -0.398 e. The van der Waals surface area contributed by atoms with Crippen LogP contribution in [0.2, 0.25) is 0 Å². The Morgan fingerprint density at radius 3 is 2.53 bits per heavy atom. The summed E-state index contributed by atoms with van der Waals surface area (Å²) in [6.45, 7) is 1.68. The van der Waals surface area contributed by atoms with E-state index in [0.29, 0.717) is 22.5 Å². The van der Waals surface area contributed by atoms with Crippen LogP contribution in [0.15, 0.2) is 30.0 Å². The molecule has 2 aliphatic rings. The van der Waals surface area contributed by atoms with Gasteiger partial charge in [0, 0.05) is 30.4 Å². The van der Waals surface area contributed by atoms with Gasteiger partial charge in [-0.05, 0) is 25.3 Å². The van der Waals surface area contributed by atoms with Crippen molar-refractivity contribution in [2.75, 3.05) is 18.8 Å². The summed E-state index contributed by atoms with van der Waals surface area (Å²) in [5, 5.41) is 0. The molecule has 3 rings (SSSR count). The third-order valence-corrected chi connectivity index (χ3v) is 3.79. The van der Waals surface area contributed by atoms with Gasteiger partial charge in [-0.3, -0.25) is 9.59 Å². The van der Waals surface area contributed by atoms with Gasteiger partial charge in [0.05, 0.1) is 11.3 Å². The van der Waals surface area contributed by atoms with E-state index in [-0.39, 0.29) is 11.6 Å². The number of carbonyl (C=O) groups excluding carboxylic acids is 2. The molecule has 0 aromatic heterocycles. The number of nitrogens with zero attached hydrogens (tertiary/aromatic N) is 1. The number of rotatable bonds is 1. The Bertz CT molecular complexity index is 584. The molecule has 98 valence electrons. The SMILES string of the molecule is Nc1cccc2c1C(=O)C(N1CCCCC1)=CC2=O. The zero-order valence-electron chi connectivity index (χ0n) is 10.7. The summed E-state index contributed by atoms with van der Waals surface area (Å²) in [6.07, 6.45) is 4.78. The fourth-order valence-corrected chi connectivity index (χ4v) is 2.79. The van der Waals surface area contributed by atoms with Crippen molar-refractivity contribution in [1.29, 1.82) is 0 Å². The molecule has 0 atom stereocenters. The number of likely N-dealkylation sites (tertiary alicyclic amines) is 1. The van der Waals surface area contributed by atoms with Crippen molar-refractivity contribution in [3.63, 3.8) is 0 Å². The van der Waals surface area contributed by atoms with Gasteiger partial charge in [-0.15, -0.1) is 0 Å². The molecule has 4 nitrogen and oxygen atoms in total. The van der Waals surface area contributed by atoms with Crippen LogP contribution in [0, 0.1) is 0 Å². The first-order chi connectivity index (χ1) is 9.18. The normalized spacial score (nSPS) is 19.2. The highest BCUT2D eigenvalue weighted by Gasteiger charge is 2.30. The minimum atomic E-state index is -0.123. The van der Waals surface area contributed by atoms with Crippen LogP contribution in [0.3, 0.4) is 0 Å². The number of ketones is 2. The van der Waals surface area contributed by atoms with Crippen LogP contribution < -0.4 is 5.73 Å². The topological polar surface area (TPSA) is 63.4 Å². The lowest BCUT2D eigenvalue weighted by atomic mass is 9.90. The summed E-state index contributed by atoms with van der Waals surface area (Å²) in [7, 11) is 0. The fourth-order valence-electron chi connectivity index (χ4n) is 2.79. The van der Waals surface area contributed by atoms with Crippen LogP contribution in [-0.4, -0.2) is 29.6 Å². The largest absolute Gasteiger partial charge is 0.398 e. The van der Waals surface area contributed by atoms with Crippen LogP contribution >= 0.6 is 0 Å². The number of piperidine rings is 1. The molecule has 0 amide bonds. The summed E-state index contributed by atoms with van der Waals surface area (Å²) in [6, 6.07) is 5.04. The van der Waals surface area contributed by atoms with Crippen LogP contribution in [0.25, 0.3) is 0 Å². The summed E-state index contributed by atoms with van der Waals surface area (Å²) >= 11 is 0. The summed E-state index contributed by atoms with van der Waals surface area (Å²) < 4.78 is 0. The van der Waals surface area contributed by atoms with E-state index >= 15 is 0 Å². The lowest BCUT2D eigenvalue weighted by Gasteiger charge is -2.32. The van der Waals surface area contributed by atoms with Crippen molar-refractivity contribution < 1.29 is 9.59 Å². The molecule has 1 aliphatic carbocycles. The molecule has 0 spiro atoms. The lowest BCUT2D eigenvalue weighted by Crippen LogP contribution is -2.35. The molecule has 0 bridgehead atoms. The standard InChI is InChI=1S/C15H16N2O2/c16-11-6-4-5-10-13(18)9-12(15(19)14(10)11)17-7-2-1-3-8-17/h4-6,9H,1-3,7-8,16H2. The van der Waals surface area contributed by atoms with E-state index in [1.54, 1.807) is 18.2 Å². The van der Waals surface area contributed by atoms with Crippen molar-refractivity contribution in [3.8, 4) is 0 Å². The first-order valence-electron chi connectivity index (χ1n) is 6.62. The summed E-state index contributed by atoms with van der Waals surface area (Å²) in [5.41, 5.74) is 7.56. The van der Waals surface area contributed by atoms with Crippen molar-refractivity contribution in [1.82, 2.24) is 4.90 Å². The minimum absolute atomic E-state index is 0.116. The zero-order valence-corrected chi connectivity index (χ0v) is 10.7. The Kier molecular flexibility index (Phi) is 2.85. The maximum atomic E-state index is 12.5. The fraction of sp³-hybridized carbons (Fsp3) is 0.333. The van der Waals surface area contributed by atoms with Gasteiger partial charge in [0.1, 0.15) is 0 Å². The number of nitrogens with two attached hydrogens (primary N) is 1. The van der Waals surface area contributed by atoms with Gasteiger partial charge in [-0.1, -0.05) is 12.1 Å². The molecule has 2 N–H and O–H groups in total. The molecule has 1 aliphatic heterocycles. The third kappa shape index (κ3) is 1.93. The molecule has 1 aromatic rings. The maximum absolute atomic E-state index is 12.5. The molecular formula is C15H16N2O2. The molecule has 0 saturated carbocycles. The molecule has 1 fully saturated rings. The quantitative estimate of drug-likeness (QED) is 0.781. The first-order valence-corrected chi connectivity index (χ1v) is 6.62. The highest BCUT2D eigenvalue weighted by atomic mass is 16.1. The van der Waals surface area contributed by atoms with Crippen molar-refractivity contribution >= 4 is 17.3 Å². The highest BCUT2D eigenvalue weighted by Crippen LogP contribution is 2.29. The Balaban J connectivity index is 2.03. The predicted octanol–water partition coefficient (Wildman–Crippen LogP) is 2.02. The van der Waals surface area contributed by atoms with Crippen molar-refractivity contribution in [2.45, 2.75) is 19.3 Å². The monoisotopic (exact) mass is 256 g/mol. The molecule has 0 unspecified atom stereocenters. The van der Waals surface area contributed by atoms with Gasteiger partial charge in [0.25, 0.3) is 0 Å². The van der Waals surface area contributed by atoms with Crippen LogP contribution in [0.4, 0.5) is 5.69 Å². The average molecular weight is 256 g/mol. The van der Waals surface area contributed by atoms with Crippen LogP contribution in [0.1, 0.15) is 40.0 Å². The molecule has 4 heteroatoms. The number of allylic oxidation sites excluding steroid dienone is 2. The summed E-state index contributed by atoms with van der Waals surface area (Å²) in [4.78, 5) is 26.7. The van der Waals surface area contributed by atoms with E-state index in [0.717, 1.165) is 25.9 Å². The second-order valence-corrected chi connectivity index (χ2v) is 5.04. The molecule has 1 heterocycles. The Hall–Kier alpha value is -2.10. The van der Waals surface area contributed by atoms with E-state index in [1.807, 2.05) is 4.90 Å². The van der Waals surface area contributed by atoms with E-state index in [4.69, 9.17) is 5.73 Å². The Morgan fingerprint density at radius 2 is 1.79 bits per heavy atom.